The first-order chi connectivity index (χ1) is 16.3. The van der Waals surface area contributed by atoms with Gasteiger partial charge in [0.15, 0.2) is 0 Å². The Hall–Kier alpha value is -4.50. The molecular weight excluding hydrogens is 462 g/mol. The van der Waals surface area contributed by atoms with E-state index in [1.54, 1.807) is 36.4 Å². The number of hydrogen-bond donors (Lipinski definition) is 1. The van der Waals surface area contributed by atoms with Crippen molar-refractivity contribution in [1.82, 2.24) is 5.32 Å². The van der Waals surface area contributed by atoms with E-state index in [-0.39, 0.29) is 23.6 Å². The number of carbonyl (C=O) groups is 3. The monoisotopic (exact) mass is 477 g/mol. The highest BCUT2D eigenvalue weighted by molar-refractivity contribution is 6.39. The average molecular weight is 478 g/mol. The Bertz CT molecular complexity index is 1340. The molecule has 0 radical (unpaired) electrons. The van der Waals surface area contributed by atoms with Gasteiger partial charge in [-0.1, -0.05) is 48.0 Å². The predicted molar refractivity (Wildman–Crippen MR) is 124 cm³/mol. The summed E-state index contributed by atoms with van der Waals surface area (Å²) in [7, 11) is 0. The van der Waals surface area contributed by atoms with Gasteiger partial charge in [-0.25, -0.2) is 9.69 Å². The minimum atomic E-state index is -1.00. The number of amides is 4. The minimum absolute atomic E-state index is 0.0395. The lowest BCUT2D eigenvalue weighted by atomic mass is 10.1. The molecule has 170 valence electrons. The molecule has 0 spiro atoms. The topological polar surface area (TPSA) is 119 Å². The molecule has 1 aliphatic heterocycles. The summed E-state index contributed by atoms with van der Waals surface area (Å²) in [4.78, 5) is 49.1. The maximum Gasteiger partial charge on any atom is 0.335 e. The summed E-state index contributed by atoms with van der Waals surface area (Å²) >= 11 is 5.90. The lowest BCUT2D eigenvalue weighted by Crippen LogP contribution is -2.54. The number of urea groups is 1. The van der Waals surface area contributed by atoms with Crippen molar-refractivity contribution in [3.63, 3.8) is 0 Å². The lowest BCUT2D eigenvalue weighted by Gasteiger charge is -2.26. The quantitative estimate of drug-likeness (QED) is 0.242. The SMILES string of the molecule is O=C1NC(=O)N(c2cccc([N+](=O)[O-])c2)C(=O)/C1=C/c1ccccc1OCc1ccc(Cl)cc1. The molecule has 0 aliphatic carbocycles. The Morgan fingerprint density at radius 2 is 1.74 bits per heavy atom. The van der Waals surface area contributed by atoms with Crippen LogP contribution in [0.2, 0.25) is 5.02 Å². The molecule has 9 nitrogen and oxygen atoms in total. The van der Waals surface area contributed by atoms with Crippen LogP contribution in [0.1, 0.15) is 11.1 Å². The Morgan fingerprint density at radius 1 is 1.00 bits per heavy atom. The fraction of sp³-hybridized carbons (Fsp3) is 0.0417. The summed E-state index contributed by atoms with van der Waals surface area (Å²) < 4.78 is 5.86. The molecule has 1 heterocycles. The molecule has 34 heavy (non-hydrogen) atoms. The van der Waals surface area contributed by atoms with Gasteiger partial charge in [0.25, 0.3) is 17.5 Å². The molecule has 1 fully saturated rings. The van der Waals surface area contributed by atoms with Gasteiger partial charge in [-0.3, -0.25) is 25.0 Å². The summed E-state index contributed by atoms with van der Waals surface area (Å²) in [6, 6.07) is 17.9. The van der Waals surface area contributed by atoms with Crippen LogP contribution in [0.5, 0.6) is 5.75 Å². The number of hydrogen-bond acceptors (Lipinski definition) is 6. The zero-order chi connectivity index (χ0) is 24.2. The van der Waals surface area contributed by atoms with Crippen LogP contribution >= 0.6 is 11.6 Å². The summed E-state index contributed by atoms with van der Waals surface area (Å²) in [6.07, 6.45) is 1.31. The molecule has 3 aromatic carbocycles. The van der Waals surface area contributed by atoms with Crippen LogP contribution in [-0.4, -0.2) is 22.8 Å². The van der Waals surface area contributed by atoms with Gasteiger partial charge in [0.2, 0.25) is 0 Å². The first-order valence-corrected chi connectivity index (χ1v) is 10.3. The number of imide groups is 2. The van der Waals surface area contributed by atoms with E-state index in [4.69, 9.17) is 16.3 Å². The number of non-ortho nitro benzene ring substituents is 1. The highest BCUT2D eigenvalue weighted by atomic mass is 35.5. The molecule has 1 aliphatic rings. The van der Waals surface area contributed by atoms with Crippen LogP contribution in [0.15, 0.2) is 78.4 Å². The third-order valence-corrected chi connectivity index (χ3v) is 5.18. The van der Waals surface area contributed by atoms with Gasteiger partial charge in [0, 0.05) is 22.7 Å². The number of ether oxygens (including phenoxy) is 1. The van der Waals surface area contributed by atoms with E-state index in [9.17, 15) is 24.5 Å². The first kappa shape index (κ1) is 22.7. The van der Waals surface area contributed by atoms with Gasteiger partial charge in [-0.15, -0.1) is 0 Å². The van der Waals surface area contributed by atoms with Crippen molar-refractivity contribution >= 4 is 46.9 Å². The Morgan fingerprint density at radius 3 is 2.47 bits per heavy atom. The number of para-hydroxylation sites is 1. The molecule has 0 bridgehead atoms. The van der Waals surface area contributed by atoms with Gasteiger partial charge in [0.05, 0.1) is 10.6 Å². The van der Waals surface area contributed by atoms with E-state index in [2.05, 4.69) is 5.32 Å². The molecular formula is C24H16ClN3O6. The summed E-state index contributed by atoms with van der Waals surface area (Å²) in [5.74, 6) is -1.39. The molecule has 10 heteroatoms. The van der Waals surface area contributed by atoms with Crippen LogP contribution in [-0.2, 0) is 16.2 Å². The van der Waals surface area contributed by atoms with Crippen molar-refractivity contribution in [2.45, 2.75) is 6.61 Å². The molecule has 4 amide bonds. The fourth-order valence-electron chi connectivity index (χ4n) is 3.27. The molecule has 0 atom stereocenters. The number of halogens is 1. The first-order valence-electron chi connectivity index (χ1n) is 9.95. The number of nitro benzene ring substituents is 1. The number of barbiturate groups is 1. The second-order valence-electron chi connectivity index (χ2n) is 7.19. The smallest absolute Gasteiger partial charge is 0.335 e. The van der Waals surface area contributed by atoms with Crippen LogP contribution in [0.4, 0.5) is 16.2 Å². The molecule has 3 aromatic rings. The lowest BCUT2D eigenvalue weighted by molar-refractivity contribution is -0.384. The van der Waals surface area contributed by atoms with E-state index < -0.39 is 22.8 Å². The Kier molecular flexibility index (Phi) is 6.37. The van der Waals surface area contributed by atoms with Crippen molar-refractivity contribution in [3.8, 4) is 5.75 Å². The zero-order valence-electron chi connectivity index (χ0n) is 17.4. The third-order valence-electron chi connectivity index (χ3n) is 4.93. The third kappa shape index (κ3) is 4.79. The number of benzene rings is 3. The molecule has 0 aromatic heterocycles. The van der Waals surface area contributed by atoms with Crippen molar-refractivity contribution in [2.24, 2.45) is 0 Å². The number of nitrogens with one attached hydrogen (secondary N) is 1. The van der Waals surface area contributed by atoms with E-state index >= 15 is 0 Å². The van der Waals surface area contributed by atoms with Crippen molar-refractivity contribution in [2.75, 3.05) is 4.90 Å². The van der Waals surface area contributed by atoms with E-state index in [0.717, 1.165) is 11.6 Å². The van der Waals surface area contributed by atoms with Crippen molar-refractivity contribution < 1.29 is 24.0 Å². The van der Waals surface area contributed by atoms with Gasteiger partial charge >= 0.3 is 6.03 Å². The standard InChI is InChI=1S/C24H16ClN3O6/c25-17-10-8-15(9-11-17)14-34-21-7-2-1-4-16(21)12-20-22(29)26-24(31)27(23(20)30)18-5-3-6-19(13-18)28(32)33/h1-13H,14H2,(H,26,29,31)/b20-12+. The number of nitro groups is 1. The van der Waals surface area contributed by atoms with Gasteiger partial charge in [-0.2, -0.15) is 0 Å². The number of rotatable bonds is 6. The zero-order valence-corrected chi connectivity index (χ0v) is 18.2. The molecule has 4 rings (SSSR count). The highest BCUT2D eigenvalue weighted by Crippen LogP contribution is 2.28. The van der Waals surface area contributed by atoms with Crippen molar-refractivity contribution in [3.05, 3.63) is 105 Å². The normalized spacial score (nSPS) is 14.8. The van der Waals surface area contributed by atoms with Crippen LogP contribution in [0.25, 0.3) is 6.08 Å². The van der Waals surface area contributed by atoms with Crippen LogP contribution in [0.3, 0.4) is 0 Å². The summed E-state index contributed by atoms with van der Waals surface area (Å²) in [5.41, 5.74) is 0.626. The van der Waals surface area contributed by atoms with E-state index in [1.165, 1.54) is 24.3 Å². The van der Waals surface area contributed by atoms with Gasteiger partial charge in [0.1, 0.15) is 17.9 Å². The summed E-state index contributed by atoms with van der Waals surface area (Å²) in [6.45, 7) is 0.218. The number of nitrogens with zero attached hydrogens (tertiary/aromatic N) is 2. The van der Waals surface area contributed by atoms with Gasteiger partial charge in [-0.05, 0) is 35.9 Å². The second kappa shape index (κ2) is 9.55. The maximum absolute atomic E-state index is 13.1. The Labute approximate surface area is 198 Å². The van der Waals surface area contributed by atoms with E-state index in [1.807, 2.05) is 12.1 Å². The predicted octanol–water partition coefficient (Wildman–Crippen LogP) is 4.49. The number of anilines is 1. The average Bonchev–Trinajstić information content (AvgIpc) is 2.82. The fourth-order valence-corrected chi connectivity index (χ4v) is 3.39. The molecule has 1 saturated heterocycles. The van der Waals surface area contributed by atoms with Crippen LogP contribution in [0, 0.1) is 10.1 Å². The molecule has 0 saturated carbocycles. The largest absolute Gasteiger partial charge is 0.488 e. The minimum Gasteiger partial charge on any atom is -0.488 e. The summed E-state index contributed by atoms with van der Waals surface area (Å²) in [5, 5.41) is 13.8. The molecule has 0 unspecified atom stereocenters. The Balaban J connectivity index is 1.64. The highest BCUT2D eigenvalue weighted by Gasteiger charge is 2.37. The van der Waals surface area contributed by atoms with Crippen molar-refractivity contribution in [1.29, 1.82) is 0 Å². The maximum atomic E-state index is 13.1. The molecule has 1 N–H and O–H groups in total. The van der Waals surface area contributed by atoms with Gasteiger partial charge < -0.3 is 4.74 Å². The van der Waals surface area contributed by atoms with E-state index in [0.29, 0.717) is 21.2 Å². The second-order valence-corrected chi connectivity index (χ2v) is 7.62. The number of carbonyl (C=O) groups excluding carboxylic acids is 3. The van der Waals surface area contributed by atoms with Crippen LogP contribution < -0.4 is 15.0 Å².